The van der Waals surface area contributed by atoms with Crippen LogP contribution in [0.3, 0.4) is 0 Å². The standard InChI is InChI=1S/C30H33NO2/c1-19(25-17-27-26(16-20(25)2)29(3,4)18-30(27,5)6)15-21-7-9-22(10-8-21)28(33)31-23-11-13-24(32)14-12-23/h7-17,32H,18H2,1-6H3,(H,31,33). The third-order valence-electron chi connectivity index (χ3n) is 6.81. The van der Waals surface area contributed by atoms with Crippen molar-refractivity contribution >= 4 is 23.2 Å². The van der Waals surface area contributed by atoms with Crippen LogP contribution in [0.25, 0.3) is 11.6 Å². The fraction of sp³-hybridized carbons (Fsp3) is 0.300. The van der Waals surface area contributed by atoms with Gasteiger partial charge >= 0.3 is 0 Å². The lowest BCUT2D eigenvalue weighted by Gasteiger charge is -2.22. The van der Waals surface area contributed by atoms with Crippen LogP contribution in [0.1, 0.15) is 79.2 Å². The van der Waals surface area contributed by atoms with Crippen LogP contribution in [0.4, 0.5) is 5.69 Å². The van der Waals surface area contributed by atoms with Crippen molar-refractivity contribution in [3.8, 4) is 5.75 Å². The Morgan fingerprint density at radius 3 is 2.09 bits per heavy atom. The van der Waals surface area contributed by atoms with Crippen molar-refractivity contribution in [2.24, 2.45) is 0 Å². The molecular formula is C30H33NO2. The zero-order valence-electron chi connectivity index (χ0n) is 20.4. The molecule has 1 aliphatic carbocycles. The first-order valence-corrected chi connectivity index (χ1v) is 11.5. The second kappa shape index (κ2) is 8.22. The zero-order chi connectivity index (χ0) is 24.0. The number of aryl methyl sites for hydroxylation is 1. The predicted molar refractivity (Wildman–Crippen MR) is 138 cm³/mol. The molecule has 0 radical (unpaired) electrons. The molecule has 3 aromatic carbocycles. The summed E-state index contributed by atoms with van der Waals surface area (Å²) in [5.74, 6) is -0.00218. The molecule has 0 heterocycles. The molecule has 0 spiro atoms. The fourth-order valence-electron chi connectivity index (χ4n) is 5.35. The number of nitrogens with one attached hydrogen (secondary N) is 1. The van der Waals surface area contributed by atoms with Gasteiger partial charge < -0.3 is 10.4 Å². The van der Waals surface area contributed by atoms with Crippen molar-refractivity contribution in [2.45, 2.75) is 58.8 Å². The van der Waals surface area contributed by atoms with E-state index in [4.69, 9.17) is 0 Å². The Morgan fingerprint density at radius 2 is 1.48 bits per heavy atom. The number of benzene rings is 3. The van der Waals surface area contributed by atoms with Gasteiger partial charge in [0.1, 0.15) is 5.75 Å². The average Bonchev–Trinajstić information content (AvgIpc) is 2.92. The Morgan fingerprint density at radius 1 is 0.909 bits per heavy atom. The van der Waals surface area contributed by atoms with Crippen LogP contribution in [0.2, 0.25) is 0 Å². The van der Waals surface area contributed by atoms with Gasteiger partial charge in [0.2, 0.25) is 0 Å². The molecule has 1 amide bonds. The highest BCUT2D eigenvalue weighted by atomic mass is 16.3. The van der Waals surface area contributed by atoms with E-state index in [-0.39, 0.29) is 22.5 Å². The summed E-state index contributed by atoms with van der Waals surface area (Å²) in [6.07, 6.45) is 3.35. The normalized spacial score (nSPS) is 16.4. The Hall–Kier alpha value is -3.33. The molecule has 170 valence electrons. The van der Waals surface area contributed by atoms with E-state index in [0.717, 1.165) is 12.0 Å². The molecule has 4 rings (SSSR count). The first-order chi connectivity index (χ1) is 15.5. The molecule has 0 unspecified atom stereocenters. The summed E-state index contributed by atoms with van der Waals surface area (Å²) >= 11 is 0. The number of phenols is 1. The maximum Gasteiger partial charge on any atom is 0.255 e. The molecule has 0 aromatic heterocycles. The summed E-state index contributed by atoms with van der Waals surface area (Å²) in [4.78, 5) is 12.5. The van der Waals surface area contributed by atoms with E-state index in [1.807, 2.05) is 24.3 Å². The van der Waals surface area contributed by atoms with Gasteiger partial charge in [-0.15, -0.1) is 0 Å². The highest BCUT2D eigenvalue weighted by molar-refractivity contribution is 6.04. The van der Waals surface area contributed by atoms with Crippen LogP contribution < -0.4 is 5.32 Å². The number of amides is 1. The molecule has 3 heteroatoms. The predicted octanol–water partition coefficient (Wildman–Crippen LogP) is 7.47. The third-order valence-corrected chi connectivity index (χ3v) is 6.81. The minimum atomic E-state index is -0.174. The molecule has 2 N–H and O–H groups in total. The van der Waals surface area contributed by atoms with Crippen LogP contribution in [-0.2, 0) is 10.8 Å². The van der Waals surface area contributed by atoms with Gasteiger partial charge in [0, 0.05) is 11.3 Å². The molecular weight excluding hydrogens is 406 g/mol. The molecule has 0 aliphatic heterocycles. The molecule has 0 atom stereocenters. The Bertz CT molecular complexity index is 1230. The van der Waals surface area contributed by atoms with Crippen LogP contribution >= 0.6 is 0 Å². The van der Waals surface area contributed by atoms with E-state index in [0.29, 0.717) is 11.3 Å². The molecule has 0 fully saturated rings. The summed E-state index contributed by atoms with van der Waals surface area (Å²) in [6.45, 7) is 13.8. The minimum Gasteiger partial charge on any atom is -0.508 e. The van der Waals surface area contributed by atoms with Crippen LogP contribution in [-0.4, -0.2) is 11.0 Å². The monoisotopic (exact) mass is 439 g/mol. The Balaban J connectivity index is 1.56. The van der Waals surface area contributed by atoms with Crippen molar-refractivity contribution in [3.63, 3.8) is 0 Å². The molecule has 1 aliphatic rings. The zero-order valence-corrected chi connectivity index (χ0v) is 20.4. The summed E-state index contributed by atoms with van der Waals surface area (Å²) in [5.41, 5.74) is 9.43. The lowest BCUT2D eigenvalue weighted by molar-refractivity contribution is 0.102. The van der Waals surface area contributed by atoms with E-state index in [2.05, 4.69) is 65.1 Å². The number of allylic oxidation sites excluding steroid dienone is 1. The topological polar surface area (TPSA) is 49.3 Å². The lowest BCUT2D eigenvalue weighted by atomic mass is 9.82. The van der Waals surface area contributed by atoms with Crippen LogP contribution in [0.15, 0.2) is 60.7 Å². The van der Waals surface area contributed by atoms with Gasteiger partial charge in [-0.2, -0.15) is 0 Å². The van der Waals surface area contributed by atoms with E-state index in [1.54, 1.807) is 24.3 Å². The van der Waals surface area contributed by atoms with Crippen molar-refractivity contribution in [1.29, 1.82) is 0 Å². The fourth-order valence-corrected chi connectivity index (χ4v) is 5.35. The summed E-state index contributed by atoms with van der Waals surface area (Å²) in [6, 6.07) is 18.9. The van der Waals surface area contributed by atoms with E-state index in [1.165, 1.54) is 27.8 Å². The summed E-state index contributed by atoms with van der Waals surface area (Å²) in [5, 5.41) is 12.2. The molecule has 3 aromatic rings. The second-order valence-electron chi connectivity index (χ2n) is 10.6. The number of fused-ring (bicyclic) bond motifs is 1. The van der Waals surface area contributed by atoms with Gasteiger partial charge in [-0.05, 0) is 101 Å². The first-order valence-electron chi connectivity index (χ1n) is 11.5. The molecule has 0 saturated carbocycles. The Labute approximate surface area is 197 Å². The number of hydrogen-bond donors (Lipinski definition) is 2. The molecule has 0 saturated heterocycles. The number of carbonyl (C=O) groups is 1. The van der Waals surface area contributed by atoms with Gasteiger partial charge in [0.25, 0.3) is 5.91 Å². The van der Waals surface area contributed by atoms with Gasteiger partial charge in [-0.1, -0.05) is 58.0 Å². The molecule has 33 heavy (non-hydrogen) atoms. The Kier molecular flexibility index (Phi) is 5.69. The van der Waals surface area contributed by atoms with Crippen LogP contribution in [0.5, 0.6) is 5.75 Å². The van der Waals surface area contributed by atoms with Crippen molar-refractivity contribution in [3.05, 3.63) is 94.0 Å². The number of carbonyl (C=O) groups excluding carboxylic acids is 1. The van der Waals surface area contributed by atoms with Crippen LogP contribution in [0, 0.1) is 6.92 Å². The van der Waals surface area contributed by atoms with Crippen molar-refractivity contribution in [2.75, 3.05) is 5.32 Å². The quantitative estimate of drug-likeness (QED) is 0.327. The van der Waals surface area contributed by atoms with Gasteiger partial charge in [-0.3, -0.25) is 4.79 Å². The van der Waals surface area contributed by atoms with Crippen molar-refractivity contribution in [1.82, 2.24) is 0 Å². The van der Waals surface area contributed by atoms with E-state index >= 15 is 0 Å². The first kappa shape index (κ1) is 22.8. The van der Waals surface area contributed by atoms with E-state index in [9.17, 15) is 9.90 Å². The SMILES string of the molecule is CC(=Cc1ccc(C(=O)Nc2ccc(O)cc2)cc1)c1cc2c(cc1C)C(C)(C)CC2(C)C. The maximum atomic E-state index is 12.5. The highest BCUT2D eigenvalue weighted by Gasteiger charge is 2.42. The van der Waals surface area contributed by atoms with Gasteiger partial charge in [0.15, 0.2) is 0 Å². The minimum absolute atomic E-state index is 0.172. The summed E-state index contributed by atoms with van der Waals surface area (Å²) in [7, 11) is 0. The third kappa shape index (κ3) is 4.59. The number of hydrogen-bond acceptors (Lipinski definition) is 2. The number of aromatic hydroxyl groups is 1. The summed E-state index contributed by atoms with van der Waals surface area (Å²) < 4.78 is 0. The van der Waals surface area contributed by atoms with Gasteiger partial charge in [-0.25, -0.2) is 0 Å². The van der Waals surface area contributed by atoms with E-state index < -0.39 is 0 Å². The van der Waals surface area contributed by atoms with Crippen molar-refractivity contribution < 1.29 is 9.90 Å². The number of rotatable bonds is 4. The lowest BCUT2D eigenvalue weighted by Crippen LogP contribution is -2.17. The largest absolute Gasteiger partial charge is 0.508 e. The average molecular weight is 440 g/mol. The number of anilines is 1. The van der Waals surface area contributed by atoms with Gasteiger partial charge in [0.05, 0.1) is 0 Å². The maximum absolute atomic E-state index is 12.5. The molecule has 3 nitrogen and oxygen atoms in total. The second-order valence-corrected chi connectivity index (χ2v) is 10.6. The smallest absolute Gasteiger partial charge is 0.255 e. The highest BCUT2D eigenvalue weighted by Crippen LogP contribution is 2.50. The molecule has 0 bridgehead atoms. The number of phenolic OH excluding ortho intramolecular Hbond substituents is 1.